The molecule has 1 amide bonds. The third-order valence-corrected chi connectivity index (χ3v) is 7.94. The number of hydrogen-bond donors (Lipinski definition) is 1. The lowest BCUT2D eigenvalue weighted by atomic mass is 10.0. The molecule has 0 saturated heterocycles. The van der Waals surface area contributed by atoms with Crippen molar-refractivity contribution in [3.63, 3.8) is 0 Å². The number of nitrogens with zero attached hydrogens (tertiary/aromatic N) is 5. The molecule has 2 heterocycles. The van der Waals surface area contributed by atoms with Crippen molar-refractivity contribution in [3.05, 3.63) is 42.0 Å². The third kappa shape index (κ3) is 6.17. The van der Waals surface area contributed by atoms with Crippen LogP contribution in [0.25, 0.3) is 0 Å². The highest BCUT2D eigenvalue weighted by atomic mass is 32.2. The molecule has 1 N–H and O–H groups in total. The van der Waals surface area contributed by atoms with Gasteiger partial charge in [0, 0.05) is 39.0 Å². The molecular formula is C22H32FN5O5S. The van der Waals surface area contributed by atoms with Gasteiger partial charge in [0.1, 0.15) is 5.82 Å². The van der Waals surface area contributed by atoms with E-state index in [0.717, 1.165) is 17.8 Å². The number of sulfonamides is 1. The van der Waals surface area contributed by atoms with E-state index in [1.54, 1.807) is 22.7 Å². The Labute approximate surface area is 199 Å². The number of aliphatic hydroxyl groups is 1. The van der Waals surface area contributed by atoms with Gasteiger partial charge in [-0.1, -0.05) is 12.1 Å². The van der Waals surface area contributed by atoms with Gasteiger partial charge in [-0.25, -0.2) is 17.5 Å². The van der Waals surface area contributed by atoms with Gasteiger partial charge in [-0.05, 0) is 37.6 Å². The van der Waals surface area contributed by atoms with Gasteiger partial charge >= 0.3 is 0 Å². The molecule has 0 unspecified atom stereocenters. The highest BCUT2D eigenvalue weighted by Crippen LogP contribution is 2.21. The van der Waals surface area contributed by atoms with E-state index in [2.05, 4.69) is 10.3 Å². The summed E-state index contributed by atoms with van der Waals surface area (Å²) >= 11 is 0. The molecule has 0 aliphatic carbocycles. The van der Waals surface area contributed by atoms with Gasteiger partial charge in [-0.3, -0.25) is 4.79 Å². The van der Waals surface area contributed by atoms with Crippen molar-refractivity contribution < 1.29 is 27.4 Å². The molecular weight excluding hydrogens is 465 g/mol. The smallest absolute Gasteiger partial charge is 0.242 e. The van der Waals surface area contributed by atoms with E-state index in [4.69, 9.17) is 4.74 Å². The zero-order chi connectivity index (χ0) is 24.9. The molecule has 0 radical (unpaired) electrons. The quantitative estimate of drug-likeness (QED) is 0.638. The van der Waals surface area contributed by atoms with Gasteiger partial charge in [-0.2, -0.15) is 4.31 Å². The number of fused-ring (bicyclic) bond motifs is 1. The molecule has 34 heavy (non-hydrogen) atoms. The topological polar surface area (TPSA) is 118 Å². The maximum absolute atomic E-state index is 13.3. The van der Waals surface area contributed by atoms with Crippen LogP contribution in [0, 0.1) is 11.7 Å². The minimum Gasteiger partial charge on any atom is -0.394 e. The molecule has 2 aromatic rings. The maximum Gasteiger partial charge on any atom is 0.242 e. The van der Waals surface area contributed by atoms with Gasteiger partial charge in [-0.15, -0.1) is 5.10 Å². The lowest BCUT2D eigenvalue weighted by Crippen LogP contribution is -2.47. The molecule has 1 aromatic carbocycles. The number of halogens is 1. The molecule has 0 bridgehead atoms. The average molecular weight is 498 g/mol. The monoisotopic (exact) mass is 497 g/mol. The van der Waals surface area contributed by atoms with Crippen LogP contribution in [0.5, 0.6) is 0 Å². The predicted octanol–water partition coefficient (Wildman–Crippen LogP) is 1.26. The zero-order valence-corrected chi connectivity index (χ0v) is 20.5. The number of ether oxygens (including phenoxy) is 1. The Morgan fingerprint density at radius 3 is 2.71 bits per heavy atom. The second-order valence-corrected chi connectivity index (χ2v) is 10.7. The standard InChI is InChI=1S/C22H32FN5O5S/c1-16-12-27(17(2)14-29)22(30)5-4-10-28-19(11-24-25-28)15-33-21(16)13-26(3)34(31,32)20-8-6-18(23)7-9-20/h6-9,11,16-17,21,29H,4-5,10,12-15H2,1-3H3/t16-,17+,21+/m0/s1. The van der Waals surface area contributed by atoms with E-state index in [9.17, 15) is 22.7 Å². The molecule has 3 atom stereocenters. The van der Waals surface area contributed by atoms with Gasteiger partial charge in [0.2, 0.25) is 15.9 Å². The van der Waals surface area contributed by atoms with Crippen LogP contribution in [0.3, 0.4) is 0 Å². The molecule has 12 heteroatoms. The number of hydrogen-bond acceptors (Lipinski definition) is 7. The van der Waals surface area contributed by atoms with E-state index in [0.29, 0.717) is 25.9 Å². The summed E-state index contributed by atoms with van der Waals surface area (Å²) in [6.45, 7) is 4.45. The lowest BCUT2D eigenvalue weighted by Gasteiger charge is -2.35. The maximum atomic E-state index is 13.3. The summed E-state index contributed by atoms with van der Waals surface area (Å²) in [5, 5.41) is 17.7. The first-order valence-corrected chi connectivity index (χ1v) is 12.7. The minimum absolute atomic E-state index is 0.0119. The van der Waals surface area contributed by atoms with Crippen LogP contribution in [0.1, 0.15) is 32.4 Å². The summed E-state index contributed by atoms with van der Waals surface area (Å²) in [4.78, 5) is 14.5. The Bertz CT molecular complexity index is 1060. The number of benzene rings is 1. The van der Waals surface area contributed by atoms with Crippen LogP contribution in [-0.2, 0) is 32.7 Å². The van der Waals surface area contributed by atoms with Crippen LogP contribution in [0.4, 0.5) is 4.39 Å². The molecule has 0 fully saturated rings. The molecule has 0 spiro atoms. The summed E-state index contributed by atoms with van der Waals surface area (Å²) in [5.74, 6) is -0.875. The second kappa shape index (κ2) is 11.3. The number of aliphatic hydroxyl groups excluding tert-OH is 1. The van der Waals surface area contributed by atoms with Crippen molar-refractivity contribution in [3.8, 4) is 0 Å². The average Bonchev–Trinajstić information content (AvgIpc) is 3.25. The Balaban J connectivity index is 1.86. The Morgan fingerprint density at radius 2 is 2.03 bits per heavy atom. The van der Waals surface area contributed by atoms with Crippen molar-refractivity contribution in [1.29, 1.82) is 0 Å². The fraction of sp³-hybridized carbons (Fsp3) is 0.591. The van der Waals surface area contributed by atoms with Crippen molar-refractivity contribution in [2.75, 3.05) is 26.7 Å². The highest BCUT2D eigenvalue weighted by Gasteiger charge is 2.31. The predicted molar refractivity (Wildman–Crippen MR) is 121 cm³/mol. The van der Waals surface area contributed by atoms with Gasteiger partial charge in [0.15, 0.2) is 0 Å². The Hall–Kier alpha value is -2.41. The Morgan fingerprint density at radius 1 is 1.32 bits per heavy atom. The normalized spacial score (nSPS) is 21.6. The van der Waals surface area contributed by atoms with E-state index < -0.39 is 21.9 Å². The summed E-state index contributed by atoms with van der Waals surface area (Å²) in [6.07, 6.45) is 1.87. The van der Waals surface area contributed by atoms with Crippen molar-refractivity contribution in [2.45, 2.75) is 56.9 Å². The summed E-state index contributed by atoms with van der Waals surface area (Å²) in [5.41, 5.74) is 0.731. The number of aryl methyl sites for hydroxylation is 1. The van der Waals surface area contributed by atoms with Crippen LogP contribution in [0.2, 0.25) is 0 Å². The Kier molecular flexibility index (Phi) is 8.74. The molecule has 0 saturated carbocycles. The summed E-state index contributed by atoms with van der Waals surface area (Å²) in [6, 6.07) is 4.26. The van der Waals surface area contributed by atoms with Crippen molar-refractivity contribution in [1.82, 2.24) is 24.2 Å². The van der Waals surface area contributed by atoms with Crippen LogP contribution >= 0.6 is 0 Å². The highest BCUT2D eigenvalue weighted by molar-refractivity contribution is 7.89. The molecule has 1 aromatic heterocycles. The molecule has 188 valence electrons. The summed E-state index contributed by atoms with van der Waals surface area (Å²) < 4.78 is 48.4. The number of amides is 1. The van der Waals surface area contributed by atoms with E-state index >= 15 is 0 Å². The fourth-order valence-corrected chi connectivity index (χ4v) is 5.07. The van der Waals surface area contributed by atoms with E-state index in [-0.39, 0.29) is 42.5 Å². The zero-order valence-electron chi connectivity index (χ0n) is 19.7. The first kappa shape index (κ1) is 26.2. The van der Waals surface area contributed by atoms with Crippen molar-refractivity contribution >= 4 is 15.9 Å². The number of rotatable bonds is 6. The molecule has 1 aliphatic heterocycles. The van der Waals surface area contributed by atoms with E-state index in [1.165, 1.54) is 23.5 Å². The van der Waals surface area contributed by atoms with Crippen LogP contribution in [0.15, 0.2) is 35.4 Å². The fourth-order valence-electron chi connectivity index (χ4n) is 3.88. The van der Waals surface area contributed by atoms with Crippen LogP contribution in [-0.4, -0.2) is 82.5 Å². The SMILES string of the molecule is C[C@H](CO)N1C[C@H](C)[C@@H](CN(C)S(=O)(=O)c2ccc(F)cc2)OCc2cnnn2CCCC1=O. The lowest BCUT2D eigenvalue weighted by molar-refractivity contribution is -0.136. The third-order valence-electron chi connectivity index (χ3n) is 6.10. The first-order chi connectivity index (χ1) is 16.1. The number of carbonyl (C=O) groups excluding carboxylic acids is 1. The van der Waals surface area contributed by atoms with Gasteiger partial charge in [0.25, 0.3) is 0 Å². The summed E-state index contributed by atoms with van der Waals surface area (Å²) in [7, 11) is -2.45. The van der Waals surface area contributed by atoms with Gasteiger partial charge in [0.05, 0.1) is 42.1 Å². The second-order valence-electron chi connectivity index (χ2n) is 8.70. The van der Waals surface area contributed by atoms with E-state index in [1.807, 2.05) is 6.92 Å². The van der Waals surface area contributed by atoms with Gasteiger partial charge < -0.3 is 14.7 Å². The van der Waals surface area contributed by atoms with Crippen LogP contribution < -0.4 is 0 Å². The minimum atomic E-state index is -3.89. The largest absolute Gasteiger partial charge is 0.394 e. The first-order valence-electron chi connectivity index (χ1n) is 11.2. The molecule has 1 aliphatic rings. The number of likely N-dealkylation sites (N-methyl/N-ethyl adjacent to an activating group) is 1. The number of aromatic nitrogens is 3. The van der Waals surface area contributed by atoms with Crippen molar-refractivity contribution in [2.24, 2.45) is 5.92 Å². The number of carbonyl (C=O) groups is 1. The molecule has 3 rings (SSSR count). The molecule has 10 nitrogen and oxygen atoms in total.